The summed E-state index contributed by atoms with van der Waals surface area (Å²) in [5, 5.41) is 0. The van der Waals surface area contributed by atoms with Crippen LogP contribution in [0, 0.1) is 41.0 Å². The summed E-state index contributed by atoms with van der Waals surface area (Å²) in [5.41, 5.74) is -1.73. The molecule has 0 unspecified atom stereocenters. The van der Waals surface area contributed by atoms with Crippen molar-refractivity contribution in [3.63, 3.8) is 0 Å². The molecule has 0 bridgehead atoms. The minimum absolute atomic E-state index is 0.0203. The lowest BCUT2D eigenvalue weighted by Gasteiger charge is -2.27. The maximum Gasteiger partial charge on any atom is 0.458 e. The average molecular weight is 440 g/mol. The molecule has 1 aliphatic rings. The average Bonchev–Trinajstić information content (AvgIpc) is 2.67. The minimum atomic E-state index is -4.93. The first-order valence-corrected chi connectivity index (χ1v) is 9.80. The molecule has 1 fully saturated rings. The van der Waals surface area contributed by atoms with E-state index in [-0.39, 0.29) is 5.92 Å². The summed E-state index contributed by atoms with van der Waals surface area (Å²) in [6, 6.07) is 3.47. The van der Waals surface area contributed by atoms with Gasteiger partial charge in [0.25, 0.3) is 0 Å². The molecule has 164 valence electrons. The van der Waals surface area contributed by atoms with Gasteiger partial charge < -0.3 is 0 Å². The van der Waals surface area contributed by atoms with Gasteiger partial charge in [0, 0.05) is 5.92 Å². The largest absolute Gasteiger partial charge is 0.458 e. The molecule has 0 aromatic heterocycles. The number of alkyl halides is 3. The maximum absolute atomic E-state index is 14.7. The quantitative estimate of drug-likeness (QED) is 0.261. The molecule has 2 aromatic rings. The first kappa shape index (κ1) is 22.9. The van der Waals surface area contributed by atoms with Crippen LogP contribution in [0.4, 0.5) is 30.7 Å². The van der Waals surface area contributed by atoms with E-state index in [2.05, 4.69) is 6.08 Å². The molecule has 0 saturated heterocycles. The second kappa shape index (κ2) is 9.17. The smallest absolute Gasteiger partial charge is 0.206 e. The van der Waals surface area contributed by atoms with Gasteiger partial charge in [-0.15, -0.1) is 0 Å². The van der Waals surface area contributed by atoms with Crippen molar-refractivity contribution < 1.29 is 30.7 Å². The number of hydrogen-bond acceptors (Lipinski definition) is 0. The molecule has 0 spiro atoms. The van der Waals surface area contributed by atoms with Crippen molar-refractivity contribution in [2.45, 2.75) is 44.7 Å². The van der Waals surface area contributed by atoms with E-state index in [1.54, 1.807) is 0 Å². The van der Waals surface area contributed by atoms with Crippen LogP contribution in [0.5, 0.6) is 0 Å². The monoisotopic (exact) mass is 440 g/mol. The zero-order valence-electron chi connectivity index (χ0n) is 16.6. The third kappa shape index (κ3) is 5.49. The van der Waals surface area contributed by atoms with Crippen molar-refractivity contribution in [2.75, 3.05) is 0 Å². The van der Waals surface area contributed by atoms with Crippen LogP contribution < -0.4 is 0 Å². The molecule has 1 aliphatic carbocycles. The fourth-order valence-electron chi connectivity index (χ4n) is 3.99. The highest BCUT2D eigenvalue weighted by molar-refractivity contribution is 5.67. The highest BCUT2D eigenvalue weighted by Crippen LogP contribution is 2.39. The Kier molecular flexibility index (Phi) is 6.78. The lowest BCUT2D eigenvalue weighted by Crippen LogP contribution is -2.12. The zero-order chi connectivity index (χ0) is 22.8. The number of allylic oxidation sites excluding steroid dienone is 2. The Morgan fingerprint density at radius 1 is 0.839 bits per heavy atom. The zero-order valence-corrected chi connectivity index (χ0v) is 16.6. The first-order chi connectivity index (χ1) is 14.6. The third-order valence-corrected chi connectivity index (χ3v) is 5.43. The summed E-state index contributed by atoms with van der Waals surface area (Å²) in [6.07, 6.45) is 2.50. The second-order valence-electron chi connectivity index (χ2n) is 7.56. The van der Waals surface area contributed by atoms with Gasteiger partial charge in [-0.25, -0.2) is 17.6 Å². The SMILES string of the molecule is C/C=C/C1CCC(c2cc(F)c(-c3cc(F)c(C#CC(F)(F)F)c(F)c3)c(F)c2)CC1. The van der Waals surface area contributed by atoms with Crippen LogP contribution in [0.2, 0.25) is 0 Å². The highest BCUT2D eigenvalue weighted by atomic mass is 19.4. The number of rotatable bonds is 3. The maximum atomic E-state index is 14.7. The van der Waals surface area contributed by atoms with Crippen molar-refractivity contribution in [3.05, 3.63) is 70.8 Å². The lowest BCUT2D eigenvalue weighted by atomic mass is 9.78. The van der Waals surface area contributed by atoms with E-state index in [1.807, 2.05) is 13.0 Å². The van der Waals surface area contributed by atoms with E-state index >= 15 is 0 Å². The molecule has 0 heterocycles. The topological polar surface area (TPSA) is 0 Å². The van der Waals surface area contributed by atoms with Gasteiger partial charge >= 0.3 is 6.18 Å². The van der Waals surface area contributed by atoms with Crippen LogP contribution in [0.3, 0.4) is 0 Å². The van der Waals surface area contributed by atoms with E-state index < -0.39 is 46.1 Å². The molecule has 31 heavy (non-hydrogen) atoms. The summed E-state index contributed by atoms with van der Waals surface area (Å²) in [5.74, 6) is -2.27. The Morgan fingerprint density at radius 3 is 1.87 bits per heavy atom. The molecular weight excluding hydrogens is 421 g/mol. The molecule has 0 atom stereocenters. The van der Waals surface area contributed by atoms with E-state index in [0.29, 0.717) is 23.6 Å². The Bertz CT molecular complexity index is 1000. The van der Waals surface area contributed by atoms with Crippen molar-refractivity contribution in [3.8, 4) is 23.0 Å². The second-order valence-corrected chi connectivity index (χ2v) is 7.56. The normalized spacial score (nSPS) is 19.4. The Hall–Kier alpha value is -2.75. The van der Waals surface area contributed by atoms with E-state index in [0.717, 1.165) is 43.7 Å². The molecule has 0 radical (unpaired) electrons. The first-order valence-electron chi connectivity index (χ1n) is 9.80. The number of hydrogen-bond donors (Lipinski definition) is 0. The highest BCUT2D eigenvalue weighted by Gasteiger charge is 2.25. The lowest BCUT2D eigenvalue weighted by molar-refractivity contribution is -0.0696. The van der Waals surface area contributed by atoms with Crippen molar-refractivity contribution in [2.24, 2.45) is 5.92 Å². The summed E-state index contributed by atoms with van der Waals surface area (Å²) in [6.45, 7) is 1.94. The number of benzene rings is 2. The molecule has 0 amide bonds. The fourth-order valence-corrected chi connectivity index (χ4v) is 3.99. The number of halogens is 7. The third-order valence-electron chi connectivity index (χ3n) is 5.43. The molecule has 2 aromatic carbocycles. The summed E-state index contributed by atoms with van der Waals surface area (Å²) in [7, 11) is 0. The van der Waals surface area contributed by atoms with E-state index in [4.69, 9.17) is 0 Å². The summed E-state index contributed by atoms with van der Waals surface area (Å²) in [4.78, 5) is 0. The standard InChI is InChI=1S/C24H19F7/c1-2-3-14-4-6-15(7-5-14)16-10-21(27)23(22(28)11-16)17-12-19(25)18(20(26)13-17)8-9-24(29,30)31/h2-3,10-15H,4-7H2,1H3/b3-2+. The van der Waals surface area contributed by atoms with Gasteiger partial charge in [-0.2, -0.15) is 13.2 Å². The van der Waals surface area contributed by atoms with Gasteiger partial charge in [0.2, 0.25) is 0 Å². The molecular formula is C24H19F7. The Morgan fingerprint density at radius 2 is 1.39 bits per heavy atom. The van der Waals surface area contributed by atoms with E-state index in [1.165, 1.54) is 5.92 Å². The van der Waals surface area contributed by atoms with Gasteiger partial charge in [0.1, 0.15) is 23.3 Å². The van der Waals surface area contributed by atoms with Crippen LogP contribution in [-0.4, -0.2) is 6.18 Å². The molecule has 0 nitrogen and oxygen atoms in total. The van der Waals surface area contributed by atoms with Crippen LogP contribution in [0.15, 0.2) is 36.4 Å². The molecule has 0 N–H and O–H groups in total. The van der Waals surface area contributed by atoms with E-state index in [9.17, 15) is 30.7 Å². The van der Waals surface area contributed by atoms with Crippen LogP contribution in [0.25, 0.3) is 11.1 Å². The van der Waals surface area contributed by atoms with Crippen LogP contribution in [-0.2, 0) is 0 Å². The van der Waals surface area contributed by atoms with Crippen molar-refractivity contribution >= 4 is 0 Å². The van der Waals surface area contributed by atoms with Gasteiger partial charge in [-0.3, -0.25) is 0 Å². The van der Waals surface area contributed by atoms with Crippen molar-refractivity contribution in [1.29, 1.82) is 0 Å². The summed E-state index contributed by atoms with van der Waals surface area (Å²) < 4.78 is 94.3. The van der Waals surface area contributed by atoms with Gasteiger partial charge in [0.05, 0.1) is 11.1 Å². The predicted octanol–water partition coefficient (Wildman–Crippen LogP) is 7.67. The minimum Gasteiger partial charge on any atom is -0.206 e. The van der Waals surface area contributed by atoms with Gasteiger partial charge in [-0.1, -0.05) is 18.1 Å². The van der Waals surface area contributed by atoms with Crippen LogP contribution in [0.1, 0.15) is 49.7 Å². The van der Waals surface area contributed by atoms with Gasteiger partial charge in [0.15, 0.2) is 0 Å². The Balaban J connectivity index is 1.91. The molecule has 3 rings (SSSR count). The molecule has 1 saturated carbocycles. The van der Waals surface area contributed by atoms with Crippen LogP contribution >= 0.6 is 0 Å². The Labute approximate surface area is 175 Å². The van der Waals surface area contributed by atoms with Crippen molar-refractivity contribution in [1.82, 2.24) is 0 Å². The predicted molar refractivity (Wildman–Crippen MR) is 104 cm³/mol. The summed E-state index contributed by atoms with van der Waals surface area (Å²) >= 11 is 0. The molecule has 0 aliphatic heterocycles. The fraction of sp³-hybridized carbons (Fsp3) is 0.333. The molecule has 7 heteroatoms. The van der Waals surface area contributed by atoms with Gasteiger partial charge in [-0.05, 0) is 79.8 Å².